The molecule has 5 nitrogen and oxygen atoms in total. The number of benzene rings is 1. The minimum Gasteiger partial charge on any atom is -0.463 e. The van der Waals surface area contributed by atoms with Crippen molar-refractivity contribution in [3.8, 4) is 0 Å². The summed E-state index contributed by atoms with van der Waals surface area (Å²) in [5.41, 5.74) is 0.974. The Morgan fingerprint density at radius 3 is 2.37 bits per heavy atom. The van der Waals surface area contributed by atoms with Gasteiger partial charge < -0.3 is 4.74 Å². The summed E-state index contributed by atoms with van der Waals surface area (Å²) in [6, 6.07) is 6.41. The van der Waals surface area contributed by atoms with Crippen molar-refractivity contribution in [1.29, 1.82) is 0 Å². The molecular formula is C13H18O5S. The number of esters is 1. The normalized spacial score (nSPS) is 13.0. The van der Waals surface area contributed by atoms with Gasteiger partial charge in [-0.25, -0.2) is 0 Å². The van der Waals surface area contributed by atoms with Crippen LogP contribution >= 0.6 is 0 Å². The Hall–Kier alpha value is -1.40. The number of hydrogen-bond donors (Lipinski definition) is 0. The molecule has 6 heteroatoms. The van der Waals surface area contributed by atoms with Crippen molar-refractivity contribution in [3.63, 3.8) is 0 Å². The topological polar surface area (TPSA) is 69.7 Å². The molecule has 0 saturated carbocycles. The van der Waals surface area contributed by atoms with E-state index in [1.54, 1.807) is 19.1 Å². The Labute approximate surface area is 113 Å². The lowest BCUT2D eigenvalue weighted by atomic mass is 10.2. The molecule has 1 rings (SSSR count). The van der Waals surface area contributed by atoms with Crippen LogP contribution in [-0.2, 0) is 23.8 Å². The summed E-state index contributed by atoms with van der Waals surface area (Å²) >= 11 is 0. The number of carbonyl (C=O) groups is 1. The van der Waals surface area contributed by atoms with Crippen molar-refractivity contribution in [3.05, 3.63) is 29.8 Å². The van der Waals surface area contributed by atoms with Crippen molar-refractivity contribution in [2.45, 2.75) is 38.2 Å². The molecule has 0 saturated heterocycles. The first-order valence-corrected chi connectivity index (χ1v) is 7.35. The molecule has 0 aliphatic rings. The van der Waals surface area contributed by atoms with Gasteiger partial charge in [-0.15, -0.1) is 0 Å². The predicted molar refractivity (Wildman–Crippen MR) is 70.2 cm³/mol. The average molecular weight is 286 g/mol. The average Bonchev–Trinajstić information content (AvgIpc) is 2.28. The van der Waals surface area contributed by atoms with Crippen LogP contribution in [0, 0.1) is 6.92 Å². The zero-order valence-electron chi connectivity index (χ0n) is 11.3. The van der Waals surface area contributed by atoms with E-state index in [1.807, 2.05) is 6.92 Å². The van der Waals surface area contributed by atoms with E-state index in [2.05, 4.69) is 0 Å². The Morgan fingerprint density at radius 2 is 1.84 bits per heavy atom. The van der Waals surface area contributed by atoms with E-state index in [0.29, 0.717) is 6.42 Å². The first-order chi connectivity index (χ1) is 8.81. The lowest BCUT2D eigenvalue weighted by Crippen LogP contribution is -2.16. The third-order valence-electron chi connectivity index (χ3n) is 2.44. The summed E-state index contributed by atoms with van der Waals surface area (Å²) in [6.45, 7) is 4.84. The summed E-state index contributed by atoms with van der Waals surface area (Å²) in [7, 11) is -3.74. The highest BCUT2D eigenvalue weighted by Crippen LogP contribution is 2.14. The van der Waals surface area contributed by atoms with Crippen molar-refractivity contribution >= 4 is 16.1 Å². The number of aryl methyl sites for hydroxylation is 1. The van der Waals surface area contributed by atoms with E-state index in [0.717, 1.165) is 5.56 Å². The van der Waals surface area contributed by atoms with Crippen LogP contribution in [0.5, 0.6) is 0 Å². The van der Waals surface area contributed by atoms with E-state index in [1.165, 1.54) is 19.1 Å². The molecule has 0 aromatic heterocycles. The highest BCUT2D eigenvalue weighted by atomic mass is 32.2. The van der Waals surface area contributed by atoms with Gasteiger partial charge in [-0.2, -0.15) is 8.42 Å². The second kappa shape index (κ2) is 6.68. The predicted octanol–water partition coefficient (Wildman–Crippen LogP) is 2.04. The van der Waals surface area contributed by atoms with Gasteiger partial charge in [0.1, 0.15) is 6.10 Å². The SMILES string of the molecule is CC(=O)OC(C)CCOS(=O)(=O)c1ccc(C)cc1. The van der Waals surface area contributed by atoms with Crippen molar-refractivity contribution in [1.82, 2.24) is 0 Å². The maximum absolute atomic E-state index is 11.8. The van der Waals surface area contributed by atoms with Crippen LogP contribution < -0.4 is 0 Å². The summed E-state index contributed by atoms with van der Waals surface area (Å²) in [4.78, 5) is 10.8. The van der Waals surface area contributed by atoms with E-state index in [9.17, 15) is 13.2 Å². The van der Waals surface area contributed by atoms with Gasteiger partial charge in [0.15, 0.2) is 0 Å². The number of carbonyl (C=O) groups excluding carboxylic acids is 1. The standard InChI is InChI=1S/C13H18O5S/c1-10-4-6-13(7-5-10)19(15,16)17-9-8-11(2)18-12(3)14/h4-7,11H,8-9H2,1-3H3. The van der Waals surface area contributed by atoms with Gasteiger partial charge in [0.05, 0.1) is 11.5 Å². The van der Waals surface area contributed by atoms with E-state index in [-0.39, 0.29) is 17.6 Å². The molecule has 106 valence electrons. The molecule has 0 N–H and O–H groups in total. The Balaban J connectivity index is 2.52. The summed E-state index contributed by atoms with van der Waals surface area (Å²) in [6.07, 6.45) is -0.0456. The fraction of sp³-hybridized carbons (Fsp3) is 0.462. The minimum absolute atomic E-state index is 0.0232. The Kier molecular flexibility index (Phi) is 5.50. The van der Waals surface area contributed by atoms with E-state index in [4.69, 9.17) is 8.92 Å². The summed E-state index contributed by atoms with van der Waals surface area (Å²) < 4.78 is 33.4. The quantitative estimate of drug-likeness (QED) is 0.591. The maximum Gasteiger partial charge on any atom is 0.302 e. The zero-order chi connectivity index (χ0) is 14.5. The smallest absolute Gasteiger partial charge is 0.302 e. The fourth-order valence-corrected chi connectivity index (χ4v) is 2.36. The van der Waals surface area contributed by atoms with Crippen molar-refractivity contribution in [2.75, 3.05) is 6.61 Å². The first-order valence-electron chi connectivity index (χ1n) is 5.94. The largest absolute Gasteiger partial charge is 0.463 e. The zero-order valence-corrected chi connectivity index (χ0v) is 12.1. The van der Waals surface area contributed by atoms with E-state index >= 15 is 0 Å². The van der Waals surface area contributed by atoms with Crippen LogP contribution in [0.4, 0.5) is 0 Å². The highest BCUT2D eigenvalue weighted by Gasteiger charge is 2.15. The molecule has 0 bridgehead atoms. The maximum atomic E-state index is 11.8. The van der Waals surface area contributed by atoms with Crippen LogP contribution in [-0.4, -0.2) is 27.1 Å². The van der Waals surface area contributed by atoms with Gasteiger partial charge in [-0.1, -0.05) is 17.7 Å². The summed E-state index contributed by atoms with van der Waals surface area (Å²) in [5.74, 6) is -0.395. The molecule has 0 fully saturated rings. The summed E-state index contributed by atoms with van der Waals surface area (Å²) in [5, 5.41) is 0. The van der Waals surface area contributed by atoms with Crippen molar-refractivity contribution < 1.29 is 22.1 Å². The third-order valence-corrected chi connectivity index (χ3v) is 3.77. The molecule has 1 atom stereocenters. The number of ether oxygens (including phenoxy) is 1. The highest BCUT2D eigenvalue weighted by molar-refractivity contribution is 7.86. The first kappa shape index (κ1) is 15.7. The third kappa shape index (κ3) is 5.40. The minimum atomic E-state index is -3.74. The molecule has 1 unspecified atom stereocenters. The fourth-order valence-electron chi connectivity index (χ4n) is 1.44. The van der Waals surface area contributed by atoms with Gasteiger partial charge in [-0.05, 0) is 26.0 Å². The molecule has 0 aliphatic carbocycles. The van der Waals surface area contributed by atoms with Gasteiger partial charge in [0.2, 0.25) is 0 Å². The van der Waals surface area contributed by atoms with Gasteiger partial charge in [0.25, 0.3) is 10.1 Å². The molecule has 1 aromatic carbocycles. The van der Waals surface area contributed by atoms with E-state index < -0.39 is 16.1 Å². The van der Waals surface area contributed by atoms with Crippen LogP contribution in [0.3, 0.4) is 0 Å². The second-order valence-corrected chi connectivity index (χ2v) is 5.91. The molecule has 0 aliphatic heterocycles. The van der Waals surface area contributed by atoms with Gasteiger partial charge in [-0.3, -0.25) is 8.98 Å². The van der Waals surface area contributed by atoms with Crippen LogP contribution in [0.1, 0.15) is 25.8 Å². The molecule has 0 radical (unpaired) electrons. The lowest BCUT2D eigenvalue weighted by molar-refractivity contribution is -0.145. The van der Waals surface area contributed by atoms with Crippen molar-refractivity contribution in [2.24, 2.45) is 0 Å². The second-order valence-electron chi connectivity index (χ2n) is 4.30. The number of rotatable bonds is 6. The van der Waals surface area contributed by atoms with Crippen LogP contribution in [0.25, 0.3) is 0 Å². The molecule has 1 aromatic rings. The monoisotopic (exact) mass is 286 g/mol. The Morgan fingerprint density at radius 1 is 1.26 bits per heavy atom. The molecule has 0 amide bonds. The molecule has 0 heterocycles. The molecule has 0 spiro atoms. The van der Waals surface area contributed by atoms with Crippen LogP contribution in [0.15, 0.2) is 29.2 Å². The lowest BCUT2D eigenvalue weighted by Gasteiger charge is -2.11. The Bertz CT molecular complexity index is 518. The molecule has 19 heavy (non-hydrogen) atoms. The van der Waals surface area contributed by atoms with Gasteiger partial charge >= 0.3 is 5.97 Å². The number of hydrogen-bond acceptors (Lipinski definition) is 5. The van der Waals surface area contributed by atoms with Crippen LogP contribution in [0.2, 0.25) is 0 Å². The molecular weight excluding hydrogens is 268 g/mol. The van der Waals surface area contributed by atoms with Gasteiger partial charge in [0, 0.05) is 13.3 Å².